The van der Waals surface area contributed by atoms with Crippen molar-refractivity contribution >= 4 is 27.5 Å². The molecule has 0 aromatic heterocycles. The Morgan fingerprint density at radius 1 is 1.56 bits per heavy atom. The van der Waals surface area contributed by atoms with Crippen molar-refractivity contribution in [3.05, 3.63) is 28.2 Å². The SMILES string of the molecule is CCC(C)CN(C)c1ccc(/C(N)=N/O)c(Br)c1. The van der Waals surface area contributed by atoms with Crippen LogP contribution in [0.1, 0.15) is 25.8 Å². The Bertz CT molecular complexity index is 434. The van der Waals surface area contributed by atoms with Gasteiger partial charge in [-0.15, -0.1) is 0 Å². The van der Waals surface area contributed by atoms with Gasteiger partial charge in [0.05, 0.1) is 0 Å². The average Bonchev–Trinajstić information content (AvgIpc) is 2.37. The number of halogens is 1. The summed E-state index contributed by atoms with van der Waals surface area (Å²) in [6, 6.07) is 5.80. The summed E-state index contributed by atoms with van der Waals surface area (Å²) in [4.78, 5) is 2.20. The molecule has 1 unspecified atom stereocenters. The first kappa shape index (κ1) is 14.8. The lowest BCUT2D eigenvalue weighted by Gasteiger charge is -2.23. The highest BCUT2D eigenvalue weighted by atomic mass is 79.9. The number of oxime groups is 1. The Hall–Kier alpha value is -1.23. The third-order valence-electron chi connectivity index (χ3n) is 3.06. The lowest BCUT2D eigenvalue weighted by Crippen LogP contribution is -2.24. The Morgan fingerprint density at radius 2 is 2.22 bits per heavy atom. The van der Waals surface area contributed by atoms with Crippen LogP contribution in [0, 0.1) is 5.92 Å². The van der Waals surface area contributed by atoms with E-state index >= 15 is 0 Å². The third kappa shape index (κ3) is 3.63. The summed E-state index contributed by atoms with van der Waals surface area (Å²) in [7, 11) is 2.07. The van der Waals surface area contributed by atoms with Crippen molar-refractivity contribution in [3.8, 4) is 0 Å². The van der Waals surface area contributed by atoms with E-state index < -0.39 is 0 Å². The summed E-state index contributed by atoms with van der Waals surface area (Å²) in [5.74, 6) is 0.760. The third-order valence-corrected chi connectivity index (χ3v) is 3.72. The number of hydrogen-bond acceptors (Lipinski definition) is 3. The van der Waals surface area contributed by atoms with Gasteiger partial charge in [0, 0.05) is 29.3 Å². The van der Waals surface area contributed by atoms with Gasteiger partial charge in [0.15, 0.2) is 5.84 Å². The van der Waals surface area contributed by atoms with Crippen molar-refractivity contribution in [2.24, 2.45) is 16.8 Å². The van der Waals surface area contributed by atoms with E-state index in [-0.39, 0.29) is 5.84 Å². The van der Waals surface area contributed by atoms with Crippen molar-refractivity contribution in [1.29, 1.82) is 0 Å². The van der Waals surface area contributed by atoms with Crippen LogP contribution >= 0.6 is 15.9 Å². The predicted molar refractivity (Wildman–Crippen MR) is 79.4 cm³/mol. The average molecular weight is 314 g/mol. The Kier molecular flexibility index (Phi) is 5.47. The first-order chi connectivity index (χ1) is 8.49. The molecular formula is C13H20BrN3O. The summed E-state index contributed by atoms with van der Waals surface area (Å²) in [5.41, 5.74) is 7.38. The second kappa shape index (κ2) is 6.64. The number of hydrogen-bond donors (Lipinski definition) is 2. The molecule has 1 aromatic carbocycles. The first-order valence-electron chi connectivity index (χ1n) is 5.98. The van der Waals surface area contributed by atoms with Crippen LogP contribution in [0.25, 0.3) is 0 Å². The van der Waals surface area contributed by atoms with E-state index in [9.17, 15) is 0 Å². The number of amidine groups is 1. The molecule has 1 aromatic rings. The molecule has 5 heteroatoms. The maximum atomic E-state index is 8.67. The standard InChI is InChI=1S/C13H20BrN3O/c1-4-9(2)8-17(3)10-5-6-11(12(14)7-10)13(15)16-18/h5-7,9,18H,4,8H2,1-3H3,(H2,15,16). The molecule has 0 heterocycles. The molecular weight excluding hydrogens is 294 g/mol. The number of rotatable bonds is 5. The highest BCUT2D eigenvalue weighted by Crippen LogP contribution is 2.24. The lowest BCUT2D eigenvalue weighted by molar-refractivity contribution is 0.318. The fourth-order valence-corrected chi connectivity index (χ4v) is 2.27. The van der Waals surface area contributed by atoms with Gasteiger partial charge < -0.3 is 15.8 Å². The van der Waals surface area contributed by atoms with Crippen molar-refractivity contribution in [2.45, 2.75) is 20.3 Å². The molecule has 0 aliphatic heterocycles. The van der Waals surface area contributed by atoms with Gasteiger partial charge in [0.1, 0.15) is 0 Å². The molecule has 1 rings (SSSR count). The van der Waals surface area contributed by atoms with Crippen LogP contribution < -0.4 is 10.6 Å². The fraction of sp³-hybridized carbons (Fsp3) is 0.462. The second-order valence-corrected chi connectivity index (χ2v) is 5.40. The predicted octanol–water partition coefficient (Wildman–Crippen LogP) is 3.03. The Labute approximate surface area is 117 Å². The lowest BCUT2D eigenvalue weighted by atomic mass is 10.1. The van der Waals surface area contributed by atoms with Crippen molar-refractivity contribution in [3.63, 3.8) is 0 Å². The smallest absolute Gasteiger partial charge is 0.171 e. The van der Waals surface area contributed by atoms with Crippen LogP contribution in [0.15, 0.2) is 27.8 Å². The molecule has 0 saturated heterocycles. The van der Waals surface area contributed by atoms with E-state index in [1.165, 1.54) is 0 Å². The molecule has 0 bridgehead atoms. The minimum absolute atomic E-state index is 0.109. The van der Waals surface area contributed by atoms with E-state index in [1.807, 2.05) is 18.2 Å². The van der Waals surface area contributed by atoms with Gasteiger partial charge in [-0.25, -0.2) is 0 Å². The molecule has 0 radical (unpaired) electrons. The maximum absolute atomic E-state index is 8.67. The zero-order valence-electron chi connectivity index (χ0n) is 11.0. The highest BCUT2D eigenvalue weighted by Gasteiger charge is 2.10. The minimum Gasteiger partial charge on any atom is -0.409 e. The molecule has 100 valence electrons. The first-order valence-corrected chi connectivity index (χ1v) is 6.77. The number of anilines is 1. The van der Waals surface area contributed by atoms with Gasteiger partial charge in [0.25, 0.3) is 0 Å². The van der Waals surface area contributed by atoms with Gasteiger partial charge in [-0.05, 0) is 40.0 Å². The zero-order chi connectivity index (χ0) is 13.7. The molecule has 0 fully saturated rings. The van der Waals surface area contributed by atoms with Crippen LogP contribution in [-0.2, 0) is 0 Å². The molecule has 4 nitrogen and oxygen atoms in total. The summed E-state index contributed by atoms with van der Waals surface area (Å²) >= 11 is 3.44. The van der Waals surface area contributed by atoms with E-state index in [2.05, 4.69) is 46.9 Å². The molecule has 1 atom stereocenters. The molecule has 18 heavy (non-hydrogen) atoms. The van der Waals surface area contributed by atoms with Crippen LogP contribution in [0.4, 0.5) is 5.69 Å². The molecule has 0 aliphatic carbocycles. The number of nitrogens with zero attached hydrogens (tertiary/aromatic N) is 2. The normalized spacial score (nSPS) is 13.4. The molecule has 0 amide bonds. The second-order valence-electron chi connectivity index (χ2n) is 4.54. The number of nitrogens with two attached hydrogens (primary N) is 1. The van der Waals surface area contributed by atoms with Gasteiger partial charge in [-0.2, -0.15) is 0 Å². The zero-order valence-corrected chi connectivity index (χ0v) is 12.6. The summed E-state index contributed by atoms with van der Waals surface area (Å²) in [6.07, 6.45) is 1.16. The summed E-state index contributed by atoms with van der Waals surface area (Å²) < 4.78 is 0.825. The van der Waals surface area contributed by atoms with Crippen molar-refractivity contribution < 1.29 is 5.21 Å². The number of benzene rings is 1. The van der Waals surface area contributed by atoms with Gasteiger partial charge in [0.2, 0.25) is 0 Å². The largest absolute Gasteiger partial charge is 0.409 e. The maximum Gasteiger partial charge on any atom is 0.171 e. The van der Waals surface area contributed by atoms with Crippen LogP contribution in [0.5, 0.6) is 0 Å². The Balaban J connectivity index is 2.90. The van der Waals surface area contributed by atoms with Gasteiger partial charge in [-0.1, -0.05) is 25.4 Å². The summed E-state index contributed by atoms with van der Waals surface area (Å²) in [5, 5.41) is 11.7. The quantitative estimate of drug-likeness (QED) is 0.380. The van der Waals surface area contributed by atoms with E-state index in [1.54, 1.807) is 0 Å². The van der Waals surface area contributed by atoms with Gasteiger partial charge in [-0.3, -0.25) is 0 Å². The van der Waals surface area contributed by atoms with E-state index in [0.717, 1.165) is 23.1 Å². The molecule has 3 N–H and O–H groups in total. The van der Waals surface area contributed by atoms with E-state index in [4.69, 9.17) is 10.9 Å². The van der Waals surface area contributed by atoms with E-state index in [0.29, 0.717) is 11.5 Å². The monoisotopic (exact) mass is 313 g/mol. The molecule has 0 aliphatic rings. The van der Waals surface area contributed by atoms with Crippen molar-refractivity contribution in [1.82, 2.24) is 0 Å². The minimum atomic E-state index is 0.109. The summed E-state index contributed by atoms with van der Waals surface area (Å²) in [6.45, 7) is 5.43. The van der Waals surface area contributed by atoms with Gasteiger partial charge >= 0.3 is 0 Å². The van der Waals surface area contributed by atoms with Crippen LogP contribution in [0.2, 0.25) is 0 Å². The topological polar surface area (TPSA) is 61.8 Å². The van der Waals surface area contributed by atoms with Crippen molar-refractivity contribution in [2.75, 3.05) is 18.5 Å². The van der Waals surface area contributed by atoms with Crippen LogP contribution in [0.3, 0.4) is 0 Å². The highest BCUT2D eigenvalue weighted by molar-refractivity contribution is 9.10. The van der Waals surface area contributed by atoms with Crippen LogP contribution in [-0.4, -0.2) is 24.6 Å². The fourth-order valence-electron chi connectivity index (χ4n) is 1.71. The molecule has 0 saturated carbocycles. The molecule has 0 spiro atoms. The Morgan fingerprint density at radius 3 is 2.72 bits per heavy atom.